The van der Waals surface area contributed by atoms with Crippen LogP contribution < -0.4 is 4.90 Å². The highest BCUT2D eigenvalue weighted by atomic mass is 79.9. The second-order valence-corrected chi connectivity index (χ2v) is 8.28. The van der Waals surface area contributed by atoms with Crippen LogP contribution in [0.4, 0.5) is 10.1 Å². The van der Waals surface area contributed by atoms with Gasteiger partial charge in [0.1, 0.15) is 5.82 Å². The number of hydrogen-bond donors (Lipinski definition) is 0. The normalized spacial score (nSPS) is 15.7. The van der Waals surface area contributed by atoms with E-state index in [0.717, 1.165) is 34.8 Å². The van der Waals surface area contributed by atoms with E-state index in [2.05, 4.69) is 35.9 Å². The van der Waals surface area contributed by atoms with E-state index < -0.39 is 0 Å². The molecule has 5 nitrogen and oxygen atoms in total. The Morgan fingerprint density at radius 1 is 1.08 bits per heavy atom. The minimum absolute atomic E-state index is 0.167. The van der Waals surface area contributed by atoms with Crippen molar-refractivity contribution in [1.29, 1.82) is 0 Å². The highest BCUT2D eigenvalue weighted by Gasteiger charge is 2.21. The summed E-state index contributed by atoms with van der Waals surface area (Å²) in [5, 5.41) is 8.27. The van der Waals surface area contributed by atoms with Gasteiger partial charge in [0, 0.05) is 26.2 Å². The highest BCUT2D eigenvalue weighted by molar-refractivity contribution is 9.11. The summed E-state index contributed by atoms with van der Waals surface area (Å²) in [5.41, 5.74) is 0.672. The molecule has 0 saturated carbocycles. The molecule has 0 aliphatic carbocycles. The Hall–Kier alpha value is -1.77. The average Bonchev–Trinajstić information content (AvgIpc) is 3.25. The lowest BCUT2D eigenvalue weighted by Gasteiger charge is -2.35. The number of halogens is 2. The Bertz CT molecular complexity index is 860. The Kier molecular flexibility index (Phi) is 4.82. The summed E-state index contributed by atoms with van der Waals surface area (Å²) in [7, 11) is 0. The number of hydrogen-bond acceptors (Lipinski definition) is 6. The first-order valence-corrected chi connectivity index (χ1v) is 9.60. The zero-order valence-electron chi connectivity index (χ0n) is 13.4. The molecule has 25 heavy (non-hydrogen) atoms. The molecule has 1 aliphatic rings. The second-order valence-electron chi connectivity index (χ2n) is 5.82. The molecule has 0 N–H and O–H groups in total. The van der Waals surface area contributed by atoms with Crippen molar-refractivity contribution in [2.24, 2.45) is 0 Å². The number of aromatic nitrogens is 2. The summed E-state index contributed by atoms with van der Waals surface area (Å²) in [4.78, 5) is 5.28. The fraction of sp³-hybridized carbons (Fsp3) is 0.294. The van der Waals surface area contributed by atoms with Gasteiger partial charge in [0.2, 0.25) is 5.89 Å². The first kappa shape index (κ1) is 16.7. The van der Waals surface area contributed by atoms with Crippen molar-refractivity contribution in [2.75, 3.05) is 31.1 Å². The van der Waals surface area contributed by atoms with Crippen molar-refractivity contribution < 1.29 is 8.81 Å². The fourth-order valence-electron chi connectivity index (χ4n) is 2.89. The predicted molar refractivity (Wildman–Crippen MR) is 99.2 cm³/mol. The summed E-state index contributed by atoms with van der Waals surface area (Å²) in [6.07, 6.45) is 0. The Labute approximate surface area is 157 Å². The van der Waals surface area contributed by atoms with E-state index in [0.29, 0.717) is 24.0 Å². The van der Waals surface area contributed by atoms with Crippen molar-refractivity contribution in [3.05, 3.63) is 51.9 Å². The molecule has 4 rings (SSSR count). The number of nitrogens with zero attached hydrogens (tertiary/aromatic N) is 4. The molecule has 2 aromatic heterocycles. The first-order chi connectivity index (χ1) is 12.2. The largest absolute Gasteiger partial charge is 0.419 e. The van der Waals surface area contributed by atoms with Crippen molar-refractivity contribution in [2.45, 2.75) is 6.54 Å². The van der Waals surface area contributed by atoms with Crippen LogP contribution in [0.5, 0.6) is 0 Å². The SMILES string of the molecule is Fc1ccccc1N1CCN(Cc2nnc(-c3ccc(Br)s3)o2)CC1. The minimum atomic E-state index is -0.167. The van der Waals surface area contributed by atoms with Crippen LogP contribution in [-0.2, 0) is 6.54 Å². The van der Waals surface area contributed by atoms with Crippen LogP contribution in [0.1, 0.15) is 5.89 Å². The van der Waals surface area contributed by atoms with E-state index in [-0.39, 0.29) is 5.82 Å². The molecule has 8 heteroatoms. The quantitative estimate of drug-likeness (QED) is 0.635. The zero-order valence-corrected chi connectivity index (χ0v) is 15.8. The fourth-order valence-corrected chi connectivity index (χ4v) is 4.20. The maximum absolute atomic E-state index is 13.9. The van der Waals surface area contributed by atoms with E-state index >= 15 is 0 Å². The van der Waals surface area contributed by atoms with E-state index in [1.54, 1.807) is 17.4 Å². The molecule has 1 aromatic carbocycles. The molecule has 1 fully saturated rings. The molecule has 0 spiro atoms. The van der Waals surface area contributed by atoms with Crippen molar-refractivity contribution >= 4 is 33.0 Å². The molecule has 0 bridgehead atoms. The zero-order chi connectivity index (χ0) is 17.2. The number of para-hydroxylation sites is 1. The third-order valence-corrected chi connectivity index (χ3v) is 5.79. The maximum atomic E-state index is 13.9. The molecule has 0 atom stereocenters. The van der Waals surface area contributed by atoms with Gasteiger partial charge in [-0.25, -0.2) is 4.39 Å². The predicted octanol–water partition coefficient (Wildman–Crippen LogP) is 4.02. The molecular weight excluding hydrogens is 407 g/mol. The van der Waals surface area contributed by atoms with Crippen LogP contribution in [0.15, 0.2) is 44.6 Å². The van der Waals surface area contributed by atoms with Crippen LogP contribution in [0, 0.1) is 5.82 Å². The smallest absolute Gasteiger partial charge is 0.257 e. The third kappa shape index (κ3) is 3.75. The first-order valence-electron chi connectivity index (χ1n) is 7.99. The number of anilines is 1. The van der Waals surface area contributed by atoms with Crippen LogP contribution in [0.2, 0.25) is 0 Å². The van der Waals surface area contributed by atoms with E-state index in [1.165, 1.54) is 6.07 Å². The lowest BCUT2D eigenvalue weighted by atomic mass is 10.2. The van der Waals surface area contributed by atoms with Crippen molar-refractivity contribution in [1.82, 2.24) is 15.1 Å². The minimum Gasteiger partial charge on any atom is -0.419 e. The molecule has 0 unspecified atom stereocenters. The van der Waals surface area contributed by atoms with Gasteiger partial charge in [-0.05, 0) is 40.2 Å². The summed E-state index contributed by atoms with van der Waals surface area (Å²) >= 11 is 5.00. The molecule has 130 valence electrons. The molecule has 3 heterocycles. The molecule has 0 radical (unpaired) electrons. The van der Waals surface area contributed by atoms with Crippen LogP contribution in [0.25, 0.3) is 10.8 Å². The molecular formula is C17H16BrFN4OS. The summed E-state index contributed by atoms with van der Waals surface area (Å²) in [6, 6.07) is 10.8. The summed E-state index contributed by atoms with van der Waals surface area (Å²) in [5.74, 6) is 0.995. The third-order valence-electron chi connectivity index (χ3n) is 4.18. The van der Waals surface area contributed by atoms with E-state index in [1.807, 2.05) is 24.3 Å². The monoisotopic (exact) mass is 422 g/mol. The average molecular weight is 423 g/mol. The number of rotatable bonds is 4. The standard InChI is InChI=1S/C17H16BrFN4OS/c18-15-6-5-14(25-15)17-21-20-16(24-17)11-22-7-9-23(10-8-22)13-4-2-1-3-12(13)19/h1-6H,7-11H2. The van der Waals surface area contributed by atoms with E-state index in [4.69, 9.17) is 4.42 Å². The van der Waals surface area contributed by atoms with Gasteiger partial charge < -0.3 is 9.32 Å². The molecule has 1 aliphatic heterocycles. The summed E-state index contributed by atoms with van der Waals surface area (Å²) in [6.45, 7) is 3.83. The molecule has 3 aromatic rings. The van der Waals surface area contributed by atoms with Gasteiger partial charge in [-0.3, -0.25) is 4.90 Å². The van der Waals surface area contributed by atoms with Crippen LogP contribution in [-0.4, -0.2) is 41.3 Å². The Morgan fingerprint density at radius 3 is 2.60 bits per heavy atom. The van der Waals surface area contributed by atoms with Gasteiger partial charge in [0.05, 0.1) is 20.9 Å². The van der Waals surface area contributed by atoms with Gasteiger partial charge in [0.25, 0.3) is 5.89 Å². The number of benzene rings is 1. The van der Waals surface area contributed by atoms with Crippen LogP contribution in [0.3, 0.4) is 0 Å². The van der Waals surface area contributed by atoms with Gasteiger partial charge in [0.15, 0.2) is 0 Å². The molecule has 0 amide bonds. The van der Waals surface area contributed by atoms with Gasteiger partial charge in [-0.2, -0.15) is 0 Å². The lowest BCUT2D eigenvalue weighted by molar-refractivity contribution is 0.226. The maximum Gasteiger partial charge on any atom is 0.257 e. The topological polar surface area (TPSA) is 45.4 Å². The lowest BCUT2D eigenvalue weighted by Crippen LogP contribution is -2.46. The highest BCUT2D eigenvalue weighted by Crippen LogP contribution is 2.30. The number of piperazine rings is 1. The van der Waals surface area contributed by atoms with Gasteiger partial charge in [-0.15, -0.1) is 21.5 Å². The Morgan fingerprint density at radius 2 is 1.88 bits per heavy atom. The van der Waals surface area contributed by atoms with E-state index in [9.17, 15) is 4.39 Å². The van der Waals surface area contributed by atoms with Gasteiger partial charge >= 0.3 is 0 Å². The van der Waals surface area contributed by atoms with Crippen LogP contribution >= 0.6 is 27.3 Å². The molecule has 1 saturated heterocycles. The van der Waals surface area contributed by atoms with Gasteiger partial charge in [-0.1, -0.05) is 12.1 Å². The van der Waals surface area contributed by atoms with Crippen molar-refractivity contribution in [3.8, 4) is 10.8 Å². The van der Waals surface area contributed by atoms with Crippen molar-refractivity contribution in [3.63, 3.8) is 0 Å². The number of thiophene rings is 1. The Balaban J connectivity index is 1.36. The summed E-state index contributed by atoms with van der Waals surface area (Å²) < 4.78 is 20.7. The second kappa shape index (κ2) is 7.23.